The number of hydrogen-bond acceptors (Lipinski definition) is 6. The van der Waals surface area contributed by atoms with Gasteiger partial charge in [-0.05, 0) is 25.8 Å². The maximum absolute atomic E-state index is 12.5. The molecule has 22 heavy (non-hydrogen) atoms. The van der Waals surface area contributed by atoms with E-state index in [9.17, 15) is 4.79 Å². The van der Waals surface area contributed by atoms with Crippen molar-refractivity contribution < 1.29 is 14.3 Å². The molecule has 7 heteroatoms. The Balaban J connectivity index is 1.57. The number of aromatic nitrogens is 1. The van der Waals surface area contributed by atoms with Gasteiger partial charge < -0.3 is 14.4 Å². The van der Waals surface area contributed by atoms with Crippen LogP contribution in [-0.4, -0.2) is 68.4 Å². The number of carbonyl (C=O) groups excluding carboxylic acids is 1. The Bertz CT molecular complexity index is 478. The summed E-state index contributed by atoms with van der Waals surface area (Å²) in [6.07, 6.45) is 4.20. The van der Waals surface area contributed by atoms with Gasteiger partial charge in [-0.25, -0.2) is 4.98 Å². The standard InChI is InChI=1S/C15H23N3O3S/c1-17-5-6-21-13(8-17)9-18(15-16-4-7-22-15)14(19)11-20-10-12-2-3-12/h4,7,12-13H,2-3,5-6,8-11H2,1H3/t13-/m1/s1. The third-order valence-corrected chi connectivity index (χ3v) is 4.75. The van der Waals surface area contributed by atoms with Gasteiger partial charge in [0.05, 0.1) is 25.9 Å². The topological polar surface area (TPSA) is 54.9 Å². The highest BCUT2D eigenvalue weighted by molar-refractivity contribution is 7.13. The molecule has 3 rings (SSSR count). The van der Waals surface area contributed by atoms with E-state index in [2.05, 4.69) is 16.9 Å². The summed E-state index contributed by atoms with van der Waals surface area (Å²) in [4.78, 5) is 20.7. The molecule has 1 saturated heterocycles. The van der Waals surface area contributed by atoms with Crippen molar-refractivity contribution in [3.8, 4) is 0 Å². The summed E-state index contributed by atoms with van der Waals surface area (Å²) in [5, 5.41) is 2.60. The molecule has 1 aromatic rings. The molecule has 2 heterocycles. The number of rotatable bonds is 7. The van der Waals surface area contributed by atoms with E-state index >= 15 is 0 Å². The van der Waals surface area contributed by atoms with Gasteiger partial charge in [-0.2, -0.15) is 0 Å². The van der Waals surface area contributed by atoms with E-state index in [-0.39, 0.29) is 18.6 Å². The van der Waals surface area contributed by atoms with Crippen LogP contribution >= 0.6 is 11.3 Å². The van der Waals surface area contributed by atoms with Crippen LogP contribution in [0.15, 0.2) is 11.6 Å². The molecular weight excluding hydrogens is 302 g/mol. The number of anilines is 1. The van der Waals surface area contributed by atoms with Crippen molar-refractivity contribution in [2.45, 2.75) is 18.9 Å². The lowest BCUT2D eigenvalue weighted by Gasteiger charge is -2.33. The lowest BCUT2D eigenvalue weighted by Crippen LogP contribution is -2.48. The summed E-state index contributed by atoms with van der Waals surface area (Å²) in [7, 11) is 2.07. The van der Waals surface area contributed by atoms with E-state index in [0.717, 1.165) is 18.2 Å². The highest BCUT2D eigenvalue weighted by atomic mass is 32.1. The van der Waals surface area contributed by atoms with Crippen molar-refractivity contribution in [2.24, 2.45) is 5.92 Å². The van der Waals surface area contributed by atoms with Crippen LogP contribution in [-0.2, 0) is 14.3 Å². The molecule has 6 nitrogen and oxygen atoms in total. The monoisotopic (exact) mass is 325 g/mol. The number of likely N-dealkylation sites (N-methyl/N-ethyl adjacent to an activating group) is 1. The zero-order valence-corrected chi connectivity index (χ0v) is 13.8. The van der Waals surface area contributed by atoms with E-state index in [1.165, 1.54) is 24.2 Å². The molecular formula is C15H23N3O3S. The Morgan fingerprint density at radius 3 is 3.14 bits per heavy atom. The Labute approximate surface area is 135 Å². The molecule has 0 unspecified atom stereocenters. The highest BCUT2D eigenvalue weighted by Crippen LogP contribution is 2.28. The molecule has 0 radical (unpaired) electrons. The van der Waals surface area contributed by atoms with Crippen LogP contribution < -0.4 is 4.90 Å². The predicted octanol–water partition coefficient (Wildman–Crippen LogP) is 1.23. The fourth-order valence-electron chi connectivity index (χ4n) is 2.49. The van der Waals surface area contributed by atoms with E-state index < -0.39 is 0 Å². The molecule has 1 atom stereocenters. The summed E-state index contributed by atoms with van der Waals surface area (Å²) in [6, 6.07) is 0. The van der Waals surface area contributed by atoms with Crippen LogP contribution in [0.25, 0.3) is 0 Å². The molecule has 1 aromatic heterocycles. The molecule has 1 saturated carbocycles. The zero-order chi connectivity index (χ0) is 15.4. The minimum Gasteiger partial charge on any atom is -0.374 e. The quantitative estimate of drug-likeness (QED) is 0.755. The van der Waals surface area contributed by atoms with E-state index in [1.807, 2.05) is 5.38 Å². The van der Waals surface area contributed by atoms with Crippen molar-refractivity contribution in [3.63, 3.8) is 0 Å². The van der Waals surface area contributed by atoms with Gasteiger partial charge >= 0.3 is 0 Å². The van der Waals surface area contributed by atoms with Crippen molar-refractivity contribution in [2.75, 3.05) is 51.4 Å². The average molecular weight is 325 g/mol. The van der Waals surface area contributed by atoms with Gasteiger partial charge in [0.1, 0.15) is 6.61 Å². The third kappa shape index (κ3) is 4.49. The van der Waals surface area contributed by atoms with Gasteiger partial charge in [-0.3, -0.25) is 9.69 Å². The van der Waals surface area contributed by atoms with Crippen molar-refractivity contribution in [3.05, 3.63) is 11.6 Å². The van der Waals surface area contributed by atoms with Crippen LogP contribution in [0.1, 0.15) is 12.8 Å². The second kappa shape index (κ2) is 7.50. The minimum absolute atomic E-state index is 0.0232. The Morgan fingerprint density at radius 1 is 1.59 bits per heavy atom. The maximum Gasteiger partial charge on any atom is 0.254 e. The van der Waals surface area contributed by atoms with Gasteiger partial charge in [0.25, 0.3) is 5.91 Å². The number of amides is 1. The summed E-state index contributed by atoms with van der Waals surface area (Å²) >= 11 is 1.47. The Morgan fingerprint density at radius 2 is 2.45 bits per heavy atom. The van der Waals surface area contributed by atoms with E-state index in [4.69, 9.17) is 9.47 Å². The molecule has 1 amide bonds. The fourth-order valence-corrected chi connectivity index (χ4v) is 3.16. The second-order valence-corrected chi connectivity index (χ2v) is 6.91. The predicted molar refractivity (Wildman–Crippen MR) is 85.2 cm³/mol. The fraction of sp³-hybridized carbons (Fsp3) is 0.733. The summed E-state index contributed by atoms with van der Waals surface area (Å²) in [6.45, 7) is 3.83. The number of ether oxygens (including phenoxy) is 2. The van der Waals surface area contributed by atoms with Crippen molar-refractivity contribution >= 4 is 22.4 Å². The number of hydrogen-bond donors (Lipinski definition) is 0. The molecule has 122 valence electrons. The SMILES string of the molecule is CN1CCO[C@@H](CN(C(=O)COCC2CC2)c2nccs2)C1. The average Bonchev–Trinajstić information content (AvgIpc) is 3.16. The minimum atomic E-state index is -0.0348. The third-order valence-electron chi connectivity index (χ3n) is 3.96. The van der Waals surface area contributed by atoms with Crippen molar-refractivity contribution in [1.29, 1.82) is 0 Å². The van der Waals surface area contributed by atoms with Crippen LogP contribution in [0.2, 0.25) is 0 Å². The highest BCUT2D eigenvalue weighted by Gasteiger charge is 2.27. The first kappa shape index (κ1) is 15.9. The lowest BCUT2D eigenvalue weighted by atomic mass is 10.2. The van der Waals surface area contributed by atoms with Gasteiger partial charge in [-0.15, -0.1) is 11.3 Å². The molecule has 0 spiro atoms. The zero-order valence-electron chi connectivity index (χ0n) is 12.9. The molecule has 2 aliphatic rings. The largest absolute Gasteiger partial charge is 0.374 e. The molecule has 2 fully saturated rings. The molecule has 1 aliphatic heterocycles. The maximum atomic E-state index is 12.5. The molecule has 1 aliphatic carbocycles. The number of nitrogens with zero attached hydrogens (tertiary/aromatic N) is 3. The van der Waals surface area contributed by atoms with Gasteiger partial charge in [0.2, 0.25) is 0 Å². The van der Waals surface area contributed by atoms with E-state index in [1.54, 1.807) is 11.1 Å². The number of morpholine rings is 1. The lowest BCUT2D eigenvalue weighted by molar-refractivity contribution is -0.124. The normalized spacial score (nSPS) is 22.7. The van der Waals surface area contributed by atoms with Crippen LogP contribution in [0.5, 0.6) is 0 Å². The van der Waals surface area contributed by atoms with Gasteiger partial charge in [0, 0.05) is 24.7 Å². The number of carbonyl (C=O) groups is 1. The first-order chi connectivity index (χ1) is 10.7. The first-order valence-electron chi connectivity index (χ1n) is 7.80. The molecule has 0 N–H and O–H groups in total. The summed E-state index contributed by atoms with van der Waals surface area (Å²) < 4.78 is 11.3. The van der Waals surface area contributed by atoms with Crippen LogP contribution in [0, 0.1) is 5.92 Å². The Hall–Kier alpha value is -1.02. The van der Waals surface area contributed by atoms with Crippen LogP contribution in [0.3, 0.4) is 0 Å². The van der Waals surface area contributed by atoms with Crippen LogP contribution in [0.4, 0.5) is 5.13 Å². The second-order valence-electron chi connectivity index (χ2n) is 6.03. The summed E-state index contributed by atoms with van der Waals surface area (Å²) in [5.41, 5.74) is 0. The summed E-state index contributed by atoms with van der Waals surface area (Å²) in [5.74, 6) is 0.629. The molecule has 0 aromatic carbocycles. The smallest absolute Gasteiger partial charge is 0.254 e. The van der Waals surface area contributed by atoms with Crippen molar-refractivity contribution in [1.82, 2.24) is 9.88 Å². The van der Waals surface area contributed by atoms with Gasteiger partial charge in [0.15, 0.2) is 5.13 Å². The number of thiazole rings is 1. The molecule has 0 bridgehead atoms. The Kier molecular flexibility index (Phi) is 5.41. The van der Waals surface area contributed by atoms with E-state index in [0.29, 0.717) is 25.7 Å². The van der Waals surface area contributed by atoms with Gasteiger partial charge in [-0.1, -0.05) is 0 Å². The first-order valence-corrected chi connectivity index (χ1v) is 8.68.